The van der Waals surface area contributed by atoms with Crippen LogP contribution in [-0.2, 0) is 16.1 Å². The zero-order chi connectivity index (χ0) is 20.1. The van der Waals surface area contributed by atoms with Gasteiger partial charge in [-0.15, -0.1) is 0 Å². The summed E-state index contributed by atoms with van der Waals surface area (Å²) in [6.07, 6.45) is -0.590. The summed E-state index contributed by atoms with van der Waals surface area (Å²) < 4.78 is 11.2. The number of anilines is 1. The summed E-state index contributed by atoms with van der Waals surface area (Å²) >= 11 is 6.18. The van der Waals surface area contributed by atoms with Crippen LogP contribution in [0.2, 0.25) is 5.02 Å². The first-order valence-corrected chi connectivity index (χ1v) is 9.94. The zero-order valence-electron chi connectivity index (χ0n) is 16.6. The number of benzene rings is 2. The summed E-state index contributed by atoms with van der Waals surface area (Å²) in [7, 11) is 0. The van der Waals surface area contributed by atoms with Gasteiger partial charge in [0.05, 0.1) is 13.2 Å². The van der Waals surface area contributed by atoms with Crippen LogP contribution in [-0.4, -0.2) is 38.3 Å². The summed E-state index contributed by atoms with van der Waals surface area (Å²) in [5, 5.41) is 3.66. The van der Waals surface area contributed by atoms with Crippen LogP contribution in [0.15, 0.2) is 36.4 Å². The van der Waals surface area contributed by atoms with Gasteiger partial charge in [-0.25, -0.2) is 0 Å². The number of nitrogens with zero attached hydrogens (tertiary/aromatic N) is 1. The van der Waals surface area contributed by atoms with E-state index in [0.29, 0.717) is 12.3 Å². The second-order valence-electron chi connectivity index (χ2n) is 7.11. The lowest BCUT2D eigenvalue weighted by Crippen LogP contribution is -2.36. The number of hydrogen-bond donors (Lipinski definition) is 1. The Kier molecular flexibility index (Phi) is 6.81. The molecular formula is C22H27ClN2O3. The van der Waals surface area contributed by atoms with Crippen molar-refractivity contribution in [1.82, 2.24) is 5.32 Å². The Bertz CT molecular complexity index is 794. The van der Waals surface area contributed by atoms with Gasteiger partial charge in [0.15, 0.2) is 6.10 Å². The second kappa shape index (κ2) is 9.30. The van der Waals surface area contributed by atoms with Crippen molar-refractivity contribution < 1.29 is 14.3 Å². The molecule has 0 saturated carbocycles. The van der Waals surface area contributed by atoms with Gasteiger partial charge in [0, 0.05) is 30.3 Å². The van der Waals surface area contributed by atoms with Gasteiger partial charge in [0.1, 0.15) is 5.75 Å². The van der Waals surface area contributed by atoms with Gasteiger partial charge in [-0.2, -0.15) is 0 Å². The van der Waals surface area contributed by atoms with Crippen molar-refractivity contribution in [2.24, 2.45) is 0 Å². The molecule has 2 aromatic rings. The number of carbonyl (C=O) groups is 1. The summed E-state index contributed by atoms with van der Waals surface area (Å²) in [5.41, 5.74) is 4.11. The van der Waals surface area contributed by atoms with Gasteiger partial charge in [0.25, 0.3) is 5.91 Å². The van der Waals surface area contributed by atoms with Crippen molar-refractivity contribution in [1.29, 1.82) is 0 Å². The molecule has 0 unspecified atom stereocenters. The number of nitrogens with one attached hydrogen (secondary N) is 1. The van der Waals surface area contributed by atoms with Crippen LogP contribution in [0, 0.1) is 13.8 Å². The molecule has 28 heavy (non-hydrogen) atoms. The summed E-state index contributed by atoms with van der Waals surface area (Å²) in [6.45, 7) is 9.42. The van der Waals surface area contributed by atoms with Gasteiger partial charge in [-0.05, 0) is 61.7 Å². The highest BCUT2D eigenvalue weighted by Crippen LogP contribution is 2.26. The monoisotopic (exact) mass is 402 g/mol. The van der Waals surface area contributed by atoms with E-state index in [1.165, 1.54) is 5.69 Å². The topological polar surface area (TPSA) is 50.8 Å². The van der Waals surface area contributed by atoms with Crippen molar-refractivity contribution in [3.05, 3.63) is 58.1 Å². The lowest BCUT2D eigenvalue weighted by atomic mass is 10.1. The summed E-state index contributed by atoms with van der Waals surface area (Å²) in [4.78, 5) is 14.7. The molecule has 1 N–H and O–H groups in total. The van der Waals surface area contributed by atoms with Crippen LogP contribution in [0.4, 0.5) is 5.69 Å². The second-order valence-corrected chi connectivity index (χ2v) is 7.49. The molecule has 0 bridgehead atoms. The van der Waals surface area contributed by atoms with Crippen molar-refractivity contribution in [3.8, 4) is 5.75 Å². The van der Waals surface area contributed by atoms with Crippen LogP contribution in [0.25, 0.3) is 0 Å². The van der Waals surface area contributed by atoms with Crippen molar-refractivity contribution in [2.45, 2.75) is 33.4 Å². The molecule has 1 heterocycles. The van der Waals surface area contributed by atoms with E-state index in [-0.39, 0.29) is 5.91 Å². The molecule has 5 nitrogen and oxygen atoms in total. The first-order chi connectivity index (χ1) is 13.4. The molecule has 0 aliphatic carbocycles. The number of carbonyl (C=O) groups excluding carboxylic acids is 1. The molecular weight excluding hydrogens is 376 g/mol. The quantitative estimate of drug-likeness (QED) is 0.796. The third-order valence-corrected chi connectivity index (χ3v) is 5.47. The number of aryl methyl sites for hydroxylation is 2. The first-order valence-electron chi connectivity index (χ1n) is 9.57. The maximum Gasteiger partial charge on any atom is 0.261 e. The lowest BCUT2D eigenvalue weighted by Gasteiger charge is -2.28. The fourth-order valence-electron chi connectivity index (χ4n) is 3.21. The Morgan fingerprint density at radius 2 is 1.79 bits per heavy atom. The van der Waals surface area contributed by atoms with Gasteiger partial charge in [-0.1, -0.05) is 23.7 Å². The highest BCUT2D eigenvalue weighted by atomic mass is 35.5. The smallest absolute Gasteiger partial charge is 0.261 e. The number of hydrogen-bond acceptors (Lipinski definition) is 4. The predicted octanol–water partition coefficient (Wildman–Crippen LogP) is 3.88. The molecule has 2 aromatic carbocycles. The van der Waals surface area contributed by atoms with Crippen LogP contribution >= 0.6 is 11.6 Å². The molecule has 150 valence electrons. The highest BCUT2D eigenvalue weighted by Gasteiger charge is 2.16. The Morgan fingerprint density at radius 3 is 2.39 bits per heavy atom. The molecule has 3 rings (SSSR count). The molecule has 1 atom stereocenters. The highest BCUT2D eigenvalue weighted by molar-refractivity contribution is 6.32. The molecule has 1 fully saturated rings. The zero-order valence-corrected chi connectivity index (χ0v) is 17.4. The van der Waals surface area contributed by atoms with Crippen molar-refractivity contribution in [2.75, 3.05) is 31.2 Å². The number of halogens is 1. The van der Waals surface area contributed by atoms with Crippen molar-refractivity contribution in [3.63, 3.8) is 0 Å². The molecule has 1 aliphatic heterocycles. The Hall–Kier alpha value is -2.24. The van der Waals surface area contributed by atoms with Crippen molar-refractivity contribution >= 4 is 23.2 Å². The van der Waals surface area contributed by atoms with Crippen LogP contribution < -0.4 is 15.0 Å². The average Bonchev–Trinajstić information content (AvgIpc) is 2.71. The normalized spacial score (nSPS) is 15.2. The Balaban J connectivity index is 1.51. The van der Waals surface area contributed by atoms with E-state index in [1.54, 1.807) is 6.92 Å². The standard InChI is InChI=1S/C22H27ClN2O3/c1-15-12-20(13-16(2)21(15)23)28-17(3)22(26)24-14-18-4-6-19(7-5-18)25-8-10-27-11-9-25/h4-7,12-13,17H,8-11,14H2,1-3H3,(H,24,26)/t17-/m1/s1. The van der Waals surface area contributed by atoms with Crippen LogP contribution in [0.5, 0.6) is 5.75 Å². The Labute approximate surface area is 171 Å². The fourth-order valence-corrected chi connectivity index (χ4v) is 3.32. The number of ether oxygens (including phenoxy) is 2. The SMILES string of the molecule is Cc1cc(O[C@H](C)C(=O)NCc2ccc(N3CCOCC3)cc2)cc(C)c1Cl. The summed E-state index contributed by atoms with van der Waals surface area (Å²) in [6, 6.07) is 12.0. The first kappa shape index (κ1) is 20.5. The average molecular weight is 403 g/mol. The van der Waals surface area contributed by atoms with E-state index in [1.807, 2.05) is 38.1 Å². The fraction of sp³-hybridized carbons (Fsp3) is 0.409. The maximum atomic E-state index is 12.4. The van der Waals surface area contributed by atoms with Gasteiger partial charge >= 0.3 is 0 Å². The molecule has 1 aliphatic rings. The summed E-state index contributed by atoms with van der Waals surface area (Å²) in [5.74, 6) is 0.499. The molecule has 0 spiro atoms. The van der Waals surface area contributed by atoms with Gasteiger partial charge in [-0.3, -0.25) is 4.79 Å². The molecule has 1 saturated heterocycles. The molecule has 1 amide bonds. The lowest BCUT2D eigenvalue weighted by molar-refractivity contribution is -0.127. The molecule has 0 aromatic heterocycles. The van der Waals surface area contributed by atoms with Gasteiger partial charge in [0.2, 0.25) is 0 Å². The van der Waals surface area contributed by atoms with E-state index in [4.69, 9.17) is 21.1 Å². The van der Waals surface area contributed by atoms with E-state index in [2.05, 4.69) is 22.3 Å². The maximum absolute atomic E-state index is 12.4. The molecule has 0 radical (unpaired) electrons. The van der Waals surface area contributed by atoms with Gasteiger partial charge < -0.3 is 19.7 Å². The van der Waals surface area contributed by atoms with E-state index < -0.39 is 6.10 Å². The third-order valence-electron chi connectivity index (χ3n) is 4.87. The van der Waals surface area contributed by atoms with Crippen LogP contribution in [0.3, 0.4) is 0 Å². The largest absolute Gasteiger partial charge is 0.481 e. The minimum atomic E-state index is -0.590. The number of rotatable bonds is 6. The van der Waals surface area contributed by atoms with E-state index >= 15 is 0 Å². The minimum Gasteiger partial charge on any atom is -0.481 e. The van der Waals surface area contributed by atoms with Crippen LogP contribution in [0.1, 0.15) is 23.6 Å². The van der Waals surface area contributed by atoms with E-state index in [9.17, 15) is 4.79 Å². The predicted molar refractivity (Wildman–Crippen MR) is 112 cm³/mol. The molecule has 6 heteroatoms. The number of amides is 1. The third kappa shape index (κ3) is 5.18. The number of morpholine rings is 1. The minimum absolute atomic E-state index is 0.150. The Morgan fingerprint density at radius 1 is 1.18 bits per heavy atom. The van der Waals surface area contributed by atoms with E-state index in [0.717, 1.165) is 48.0 Å².